The first kappa shape index (κ1) is 11.8. The van der Waals surface area contributed by atoms with Crippen molar-refractivity contribution in [3.05, 3.63) is 29.8 Å². The van der Waals surface area contributed by atoms with Crippen molar-refractivity contribution in [1.82, 2.24) is 0 Å². The molecule has 0 saturated heterocycles. The monoisotopic (exact) mass is 217 g/mol. The van der Waals surface area contributed by atoms with Crippen LogP contribution in [0, 0.1) is 12.3 Å². The van der Waals surface area contributed by atoms with E-state index in [0.717, 1.165) is 5.56 Å². The molecule has 1 aromatic rings. The molecule has 0 saturated carbocycles. The van der Waals surface area contributed by atoms with Crippen LogP contribution in [-0.4, -0.2) is 19.0 Å². The third kappa shape index (κ3) is 3.46. The Kier molecular flexibility index (Phi) is 4.10. The van der Waals surface area contributed by atoms with Crippen LogP contribution < -0.4 is 5.32 Å². The number of ether oxygens (including phenoxy) is 1. The molecule has 0 fully saturated rings. The van der Waals surface area contributed by atoms with Gasteiger partial charge in [-0.3, -0.25) is 9.59 Å². The average molecular weight is 217 g/mol. The summed E-state index contributed by atoms with van der Waals surface area (Å²) in [4.78, 5) is 21.8. The van der Waals surface area contributed by atoms with Crippen molar-refractivity contribution in [2.24, 2.45) is 0 Å². The Labute approximate surface area is 93.6 Å². The number of terminal acetylenes is 1. The largest absolute Gasteiger partial charge is 0.469 e. The number of anilines is 1. The van der Waals surface area contributed by atoms with E-state index in [-0.39, 0.29) is 12.4 Å². The van der Waals surface area contributed by atoms with Crippen molar-refractivity contribution in [3.63, 3.8) is 0 Å². The molecule has 1 amide bonds. The van der Waals surface area contributed by atoms with E-state index in [1.54, 1.807) is 24.3 Å². The van der Waals surface area contributed by atoms with Crippen molar-refractivity contribution < 1.29 is 14.3 Å². The second kappa shape index (κ2) is 5.56. The fourth-order valence-corrected chi connectivity index (χ4v) is 1.11. The topological polar surface area (TPSA) is 55.4 Å². The molecule has 0 spiro atoms. The van der Waals surface area contributed by atoms with Gasteiger partial charge in [0.2, 0.25) is 0 Å². The number of carbonyl (C=O) groups excluding carboxylic acids is 2. The van der Waals surface area contributed by atoms with E-state index in [4.69, 9.17) is 6.42 Å². The molecule has 82 valence electrons. The molecule has 0 aliphatic heterocycles. The summed E-state index contributed by atoms with van der Waals surface area (Å²) in [6, 6.07) is 6.80. The van der Waals surface area contributed by atoms with E-state index in [1.165, 1.54) is 7.11 Å². The van der Waals surface area contributed by atoms with E-state index in [2.05, 4.69) is 10.1 Å². The van der Waals surface area contributed by atoms with Gasteiger partial charge in [0.15, 0.2) is 0 Å². The van der Waals surface area contributed by atoms with E-state index >= 15 is 0 Å². The first-order valence-electron chi connectivity index (χ1n) is 4.59. The van der Waals surface area contributed by atoms with Crippen molar-refractivity contribution >= 4 is 17.6 Å². The van der Waals surface area contributed by atoms with E-state index in [0.29, 0.717) is 5.69 Å². The van der Waals surface area contributed by atoms with Gasteiger partial charge in [0, 0.05) is 5.69 Å². The molecule has 1 rings (SSSR count). The second-order valence-electron chi connectivity index (χ2n) is 3.05. The maximum atomic E-state index is 11.0. The highest BCUT2D eigenvalue weighted by Gasteiger charge is 2.03. The number of amides is 1. The number of hydrogen-bond acceptors (Lipinski definition) is 3. The quantitative estimate of drug-likeness (QED) is 0.606. The zero-order chi connectivity index (χ0) is 12.0. The Morgan fingerprint density at radius 2 is 2.00 bits per heavy atom. The third-order valence-corrected chi connectivity index (χ3v) is 1.92. The second-order valence-corrected chi connectivity index (χ2v) is 3.05. The van der Waals surface area contributed by atoms with Gasteiger partial charge in [0.1, 0.15) is 0 Å². The van der Waals surface area contributed by atoms with Gasteiger partial charge in [-0.2, -0.15) is 0 Å². The average Bonchev–Trinajstić information content (AvgIpc) is 2.31. The number of esters is 1. The fourth-order valence-electron chi connectivity index (χ4n) is 1.11. The van der Waals surface area contributed by atoms with Crippen LogP contribution in [0.4, 0.5) is 5.69 Å². The minimum Gasteiger partial charge on any atom is -0.469 e. The van der Waals surface area contributed by atoms with Gasteiger partial charge in [-0.1, -0.05) is 12.1 Å². The summed E-state index contributed by atoms with van der Waals surface area (Å²) >= 11 is 0. The molecule has 1 N–H and O–H groups in total. The van der Waals surface area contributed by atoms with E-state index in [1.807, 2.05) is 5.92 Å². The SMILES string of the molecule is C#CC(=O)Nc1ccc(CC(=O)OC)cc1. The number of carbonyl (C=O) groups is 2. The molecule has 0 aromatic heterocycles. The minimum atomic E-state index is -0.499. The Bertz CT molecular complexity index is 429. The predicted octanol–water partition coefficient (Wildman–Crippen LogP) is 0.974. The van der Waals surface area contributed by atoms with Crippen LogP contribution in [0.2, 0.25) is 0 Å². The maximum Gasteiger partial charge on any atom is 0.309 e. The molecule has 0 bridgehead atoms. The highest BCUT2D eigenvalue weighted by atomic mass is 16.5. The highest BCUT2D eigenvalue weighted by molar-refractivity contribution is 6.03. The lowest BCUT2D eigenvalue weighted by Crippen LogP contribution is -2.08. The molecule has 0 aliphatic carbocycles. The molecular weight excluding hydrogens is 206 g/mol. The van der Waals surface area contributed by atoms with Crippen LogP contribution in [0.15, 0.2) is 24.3 Å². The summed E-state index contributed by atoms with van der Waals surface area (Å²) in [5.74, 6) is 1.14. The molecule has 0 atom stereocenters. The fraction of sp³-hybridized carbons (Fsp3) is 0.167. The zero-order valence-electron chi connectivity index (χ0n) is 8.82. The van der Waals surface area contributed by atoms with Crippen LogP contribution in [0.5, 0.6) is 0 Å². The van der Waals surface area contributed by atoms with Gasteiger partial charge >= 0.3 is 5.97 Å². The lowest BCUT2D eigenvalue weighted by atomic mass is 10.1. The molecule has 0 aliphatic rings. The van der Waals surface area contributed by atoms with Gasteiger partial charge in [0.05, 0.1) is 13.5 Å². The number of benzene rings is 1. The van der Waals surface area contributed by atoms with Gasteiger partial charge in [-0.05, 0) is 23.6 Å². The zero-order valence-corrected chi connectivity index (χ0v) is 8.82. The summed E-state index contributed by atoms with van der Waals surface area (Å²) in [7, 11) is 1.34. The maximum absolute atomic E-state index is 11.0. The normalized spacial score (nSPS) is 9.00. The van der Waals surface area contributed by atoms with Crippen LogP contribution in [0.25, 0.3) is 0 Å². The van der Waals surface area contributed by atoms with Crippen molar-refractivity contribution in [2.75, 3.05) is 12.4 Å². The Morgan fingerprint density at radius 3 is 2.50 bits per heavy atom. The standard InChI is InChI=1S/C12H11NO3/c1-3-11(14)13-10-6-4-9(5-7-10)8-12(15)16-2/h1,4-7H,8H2,2H3,(H,13,14). The summed E-state index contributed by atoms with van der Waals surface area (Å²) in [5, 5.41) is 2.49. The van der Waals surface area contributed by atoms with Gasteiger partial charge in [-0.25, -0.2) is 0 Å². The first-order valence-corrected chi connectivity index (χ1v) is 4.59. The van der Waals surface area contributed by atoms with Crippen LogP contribution in [0.1, 0.15) is 5.56 Å². The molecular formula is C12H11NO3. The smallest absolute Gasteiger partial charge is 0.309 e. The molecule has 0 unspecified atom stereocenters. The van der Waals surface area contributed by atoms with E-state index in [9.17, 15) is 9.59 Å². The predicted molar refractivity (Wildman–Crippen MR) is 59.6 cm³/mol. The summed E-state index contributed by atoms with van der Waals surface area (Å²) < 4.78 is 4.53. The molecule has 0 radical (unpaired) electrons. The van der Waals surface area contributed by atoms with Crippen LogP contribution >= 0.6 is 0 Å². The Hall–Kier alpha value is -2.28. The first-order chi connectivity index (χ1) is 7.65. The van der Waals surface area contributed by atoms with E-state index < -0.39 is 5.91 Å². The Morgan fingerprint density at radius 1 is 1.38 bits per heavy atom. The van der Waals surface area contributed by atoms with Crippen molar-refractivity contribution in [1.29, 1.82) is 0 Å². The lowest BCUT2D eigenvalue weighted by molar-refractivity contribution is -0.139. The van der Waals surface area contributed by atoms with Gasteiger partial charge in [0.25, 0.3) is 5.91 Å². The molecule has 4 heteroatoms. The van der Waals surface area contributed by atoms with Crippen molar-refractivity contribution in [2.45, 2.75) is 6.42 Å². The number of hydrogen-bond donors (Lipinski definition) is 1. The van der Waals surface area contributed by atoms with Crippen LogP contribution in [0.3, 0.4) is 0 Å². The van der Waals surface area contributed by atoms with Gasteiger partial charge in [-0.15, -0.1) is 6.42 Å². The minimum absolute atomic E-state index is 0.208. The van der Waals surface area contributed by atoms with Crippen LogP contribution in [-0.2, 0) is 20.7 Å². The highest BCUT2D eigenvalue weighted by Crippen LogP contribution is 2.10. The Balaban J connectivity index is 2.65. The number of nitrogens with one attached hydrogen (secondary N) is 1. The summed E-state index contributed by atoms with van der Waals surface area (Å²) in [6.45, 7) is 0. The van der Waals surface area contributed by atoms with Gasteiger partial charge < -0.3 is 10.1 Å². The molecule has 16 heavy (non-hydrogen) atoms. The third-order valence-electron chi connectivity index (χ3n) is 1.92. The molecule has 1 aromatic carbocycles. The molecule has 4 nitrogen and oxygen atoms in total. The summed E-state index contributed by atoms with van der Waals surface area (Å²) in [5.41, 5.74) is 1.40. The number of rotatable bonds is 3. The number of methoxy groups -OCH3 is 1. The van der Waals surface area contributed by atoms with Crippen molar-refractivity contribution in [3.8, 4) is 12.3 Å². The lowest BCUT2D eigenvalue weighted by Gasteiger charge is -2.03. The molecule has 0 heterocycles. The summed E-state index contributed by atoms with van der Waals surface area (Å²) in [6.07, 6.45) is 5.12.